The fourth-order valence-electron chi connectivity index (χ4n) is 6.52. The number of nitrogens with zero attached hydrogens (tertiary/aromatic N) is 8. The second-order valence-corrected chi connectivity index (χ2v) is 15.3. The number of hydrogen-bond donors (Lipinski definition) is 2. The van der Waals surface area contributed by atoms with Crippen LogP contribution >= 0.6 is 11.3 Å². The molecule has 0 aliphatic carbocycles. The molecule has 0 saturated carbocycles. The molecule has 7 rings (SSSR count). The highest BCUT2D eigenvalue weighted by Crippen LogP contribution is 2.38. The number of fused-ring (bicyclic) bond motifs is 2. The lowest BCUT2D eigenvalue weighted by Gasteiger charge is -2.42. The van der Waals surface area contributed by atoms with Crippen molar-refractivity contribution in [1.29, 1.82) is 0 Å². The summed E-state index contributed by atoms with van der Waals surface area (Å²) in [4.78, 5) is 26.7. The first-order valence-corrected chi connectivity index (χ1v) is 18.7. The fraction of sp³-hybridized carbons (Fsp3) is 0.394. The molecular formula is C33H40N10O3S2. The number of methoxy groups -OCH3 is 1. The molecule has 2 N–H and O–H groups in total. The Hall–Kier alpha value is -4.31. The summed E-state index contributed by atoms with van der Waals surface area (Å²) in [6.07, 6.45) is 6.59. The van der Waals surface area contributed by atoms with Gasteiger partial charge in [-0.2, -0.15) is 4.98 Å². The molecule has 2 saturated heterocycles. The zero-order valence-electron chi connectivity index (χ0n) is 27.5. The number of ether oxygens (including phenoxy) is 1. The van der Waals surface area contributed by atoms with Crippen molar-refractivity contribution in [3.05, 3.63) is 54.2 Å². The van der Waals surface area contributed by atoms with Crippen molar-refractivity contribution in [2.75, 3.05) is 86.6 Å². The summed E-state index contributed by atoms with van der Waals surface area (Å²) in [6.45, 7) is 6.62. The van der Waals surface area contributed by atoms with Gasteiger partial charge in [0.1, 0.15) is 27.6 Å². The molecule has 5 aromatic rings. The van der Waals surface area contributed by atoms with E-state index in [1.54, 1.807) is 31.6 Å². The Bertz CT molecular complexity index is 2040. The lowest BCUT2D eigenvalue weighted by Crippen LogP contribution is -2.52. The van der Waals surface area contributed by atoms with Crippen LogP contribution in [0.3, 0.4) is 0 Å². The number of likely N-dealkylation sites (N-methyl/N-ethyl adjacent to an activating group) is 1. The second kappa shape index (κ2) is 13.3. The van der Waals surface area contributed by atoms with Crippen molar-refractivity contribution in [3.8, 4) is 5.75 Å². The van der Waals surface area contributed by atoms with Crippen LogP contribution in [0.25, 0.3) is 21.3 Å². The normalized spacial score (nSPS) is 16.8. The number of rotatable bonds is 9. The molecule has 0 amide bonds. The lowest BCUT2D eigenvalue weighted by atomic mass is 10.0. The Morgan fingerprint density at radius 3 is 2.44 bits per heavy atom. The minimum absolute atomic E-state index is 0.379. The molecule has 0 bridgehead atoms. The van der Waals surface area contributed by atoms with Crippen molar-refractivity contribution in [2.24, 2.45) is 0 Å². The smallest absolute Gasteiger partial charge is 0.232 e. The maximum Gasteiger partial charge on any atom is 0.232 e. The Morgan fingerprint density at radius 1 is 0.938 bits per heavy atom. The van der Waals surface area contributed by atoms with Crippen molar-refractivity contribution in [2.45, 2.75) is 18.9 Å². The van der Waals surface area contributed by atoms with E-state index in [2.05, 4.69) is 54.5 Å². The van der Waals surface area contributed by atoms with E-state index in [9.17, 15) is 8.42 Å². The van der Waals surface area contributed by atoms with E-state index in [-0.39, 0.29) is 0 Å². The molecule has 5 heterocycles. The van der Waals surface area contributed by atoms with Gasteiger partial charge in [0.25, 0.3) is 0 Å². The molecule has 13 nitrogen and oxygen atoms in total. The van der Waals surface area contributed by atoms with Crippen LogP contribution in [0.2, 0.25) is 0 Å². The minimum Gasteiger partial charge on any atom is -0.494 e. The summed E-state index contributed by atoms with van der Waals surface area (Å²) in [6, 6.07) is 12.4. The SMILES string of the molecule is COc1cc(N2CCC(N3CCN(C)CC3)CC2)ccc1Nc1nc(Nc2ccc3nccnc3c2N(C)S(C)(=O)=O)c2ccsc2n1. The number of piperidine rings is 1. The van der Waals surface area contributed by atoms with Crippen LogP contribution in [-0.2, 0) is 10.0 Å². The Morgan fingerprint density at radius 2 is 1.69 bits per heavy atom. The number of sulfonamides is 1. The Labute approximate surface area is 284 Å². The number of benzene rings is 2. The second-order valence-electron chi connectivity index (χ2n) is 12.3. The minimum atomic E-state index is -3.61. The van der Waals surface area contributed by atoms with E-state index in [1.807, 2.05) is 17.5 Å². The van der Waals surface area contributed by atoms with Crippen LogP contribution in [-0.4, -0.2) is 111 Å². The third-order valence-electron chi connectivity index (χ3n) is 9.32. The molecule has 2 aliphatic heterocycles. The van der Waals surface area contributed by atoms with Gasteiger partial charge in [-0.05, 0) is 55.6 Å². The van der Waals surface area contributed by atoms with Crippen molar-refractivity contribution in [1.82, 2.24) is 29.7 Å². The van der Waals surface area contributed by atoms with Crippen molar-refractivity contribution in [3.63, 3.8) is 0 Å². The van der Waals surface area contributed by atoms with Crippen molar-refractivity contribution >= 4 is 77.1 Å². The van der Waals surface area contributed by atoms with E-state index in [4.69, 9.17) is 14.7 Å². The zero-order valence-corrected chi connectivity index (χ0v) is 29.2. The highest BCUT2D eigenvalue weighted by Gasteiger charge is 2.27. The van der Waals surface area contributed by atoms with Crippen LogP contribution in [0.15, 0.2) is 54.2 Å². The topological polar surface area (TPSA) is 132 Å². The predicted octanol–water partition coefficient (Wildman–Crippen LogP) is 4.74. The van der Waals surface area contributed by atoms with E-state index in [0.717, 1.165) is 80.0 Å². The highest BCUT2D eigenvalue weighted by atomic mass is 32.2. The Kier molecular flexibility index (Phi) is 8.94. The monoisotopic (exact) mass is 688 g/mol. The van der Waals surface area contributed by atoms with E-state index < -0.39 is 10.0 Å². The number of aromatic nitrogens is 4. The number of piperazine rings is 1. The summed E-state index contributed by atoms with van der Waals surface area (Å²) >= 11 is 1.49. The number of hydrogen-bond acceptors (Lipinski definition) is 13. The summed E-state index contributed by atoms with van der Waals surface area (Å²) in [5.41, 5.74) is 3.81. The maximum atomic E-state index is 12.7. The van der Waals surface area contributed by atoms with E-state index >= 15 is 0 Å². The number of anilines is 6. The van der Waals surface area contributed by atoms with Crippen LogP contribution in [0.5, 0.6) is 5.75 Å². The first-order valence-electron chi connectivity index (χ1n) is 16.0. The van der Waals surface area contributed by atoms with Gasteiger partial charge in [0, 0.05) is 76.5 Å². The van der Waals surface area contributed by atoms with Gasteiger partial charge in [-0.15, -0.1) is 11.3 Å². The molecule has 3 aromatic heterocycles. The molecule has 0 atom stereocenters. The molecule has 252 valence electrons. The quantitative estimate of drug-likeness (QED) is 0.222. The van der Waals surface area contributed by atoms with Gasteiger partial charge in [-0.1, -0.05) is 0 Å². The van der Waals surface area contributed by atoms with Gasteiger partial charge in [-0.25, -0.2) is 13.4 Å². The van der Waals surface area contributed by atoms with Gasteiger partial charge in [-0.3, -0.25) is 19.2 Å². The molecule has 2 aromatic carbocycles. The fourth-order valence-corrected chi connectivity index (χ4v) is 7.80. The summed E-state index contributed by atoms with van der Waals surface area (Å²) in [5, 5.41) is 9.51. The zero-order chi connectivity index (χ0) is 33.4. The van der Waals surface area contributed by atoms with Crippen LogP contribution < -0.4 is 24.6 Å². The molecule has 15 heteroatoms. The third-order valence-corrected chi connectivity index (χ3v) is 11.3. The van der Waals surface area contributed by atoms with Gasteiger partial charge in [0.15, 0.2) is 0 Å². The molecule has 0 unspecified atom stereocenters. The van der Waals surface area contributed by atoms with Gasteiger partial charge < -0.3 is 25.2 Å². The standard InChI is InChI=1S/C33H40N10O3S2/c1-40-16-18-43(19-17-40)22-9-14-42(15-10-22)23-5-6-25(28(21-23)46-3)37-33-38-31(24-11-20-47-32(24)39-33)36-27-8-7-26-29(35-13-12-34-26)30(27)41(2)48(4,44)45/h5-8,11-13,20-22H,9-10,14-19H2,1-4H3,(H2,36,37,38,39). The first-order chi connectivity index (χ1) is 23.2. The molecule has 0 radical (unpaired) electrons. The number of nitrogens with one attached hydrogen (secondary N) is 2. The molecule has 2 aliphatic rings. The number of thiophene rings is 1. The largest absolute Gasteiger partial charge is 0.494 e. The van der Waals surface area contributed by atoms with E-state index in [0.29, 0.717) is 46.0 Å². The van der Waals surface area contributed by atoms with Crippen LogP contribution in [0, 0.1) is 0 Å². The molecule has 48 heavy (non-hydrogen) atoms. The van der Waals surface area contributed by atoms with Crippen molar-refractivity contribution < 1.29 is 13.2 Å². The first kappa shape index (κ1) is 32.2. The Balaban J connectivity index is 1.14. The lowest BCUT2D eigenvalue weighted by molar-refractivity contribution is 0.0982. The molecule has 2 fully saturated rings. The van der Waals surface area contributed by atoms with Crippen LogP contribution in [0.4, 0.5) is 34.5 Å². The predicted molar refractivity (Wildman–Crippen MR) is 194 cm³/mol. The van der Waals surface area contributed by atoms with Crippen LogP contribution in [0.1, 0.15) is 12.8 Å². The molecular weight excluding hydrogens is 649 g/mol. The molecule has 0 spiro atoms. The summed E-state index contributed by atoms with van der Waals surface area (Å²) < 4.78 is 32.4. The average molecular weight is 689 g/mol. The summed E-state index contributed by atoms with van der Waals surface area (Å²) in [7, 11) is 1.76. The third kappa shape index (κ3) is 6.55. The average Bonchev–Trinajstić information content (AvgIpc) is 3.57. The van der Waals surface area contributed by atoms with Gasteiger partial charge in [0.2, 0.25) is 16.0 Å². The maximum absolute atomic E-state index is 12.7. The van der Waals surface area contributed by atoms with E-state index in [1.165, 1.54) is 22.7 Å². The van der Waals surface area contributed by atoms with Gasteiger partial charge in [0.05, 0.1) is 35.6 Å². The van der Waals surface area contributed by atoms with Gasteiger partial charge >= 0.3 is 0 Å². The summed E-state index contributed by atoms with van der Waals surface area (Å²) in [5.74, 6) is 1.60. The highest BCUT2D eigenvalue weighted by molar-refractivity contribution is 7.92.